The zero-order valence-electron chi connectivity index (χ0n) is 19.4. The predicted molar refractivity (Wildman–Crippen MR) is 136 cm³/mol. The fourth-order valence-corrected chi connectivity index (χ4v) is 4.79. The van der Waals surface area contributed by atoms with Gasteiger partial charge in [0.25, 0.3) is 0 Å². The minimum absolute atomic E-state index is 0.548. The number of pyridine rings is 1. The first kappa shape index (κ1) is 20.7. The molecule has 0 unspecified atom stereocenters. The second-order valence-corrected chi connectivity index (χ2v) is 9.04. The van der Waals surface area contributed by atoms with Gasteiger partial charge in [0.1, 0.15) is 12.3 Å². The third-order valence-corrected chi connectivity index (χ3v) is 6.66. The molecular weight excluding hydrogens is 426 g/mol. The van der Waals surface area contributed by atoms with Crippen molar-refractivity contribution in [3.05, 3.63) is 59.4 Å². The maximum atomic E-state index is 6.41. The van der Waals surface area contributed by atoms with Gasteiger partial charge in [0.2, 0.25) is 11.8 Å². The highest BCUT2D eigenvalue weighted by Crippen LogP contribution is 2.37. The van der Waals surface area contributed by atoms with Crippen LogP contribution in [0.5, 0.6) is 5.88 Å². The van der Waals surface area contributed by atoms with E-state index < -0.39 is 0 Å². The number of benzene rings is 2. The zero-order chi connectivity index (χ0) is 23.2. The van der Waals surface area contributed by atoms with E-state index in [-0.39, 0.29) is 0 Å². The van der Waals surface area contributed by atoms with Crippen molar-refractivity contribution in [2.45, 2.75) is 19.9 Å². The summed E-state index contributed by atoms with van der Waals surface area (Å²) in [5.41, 5.74) is 15.6. The van der Waals surface area contributed by atoms with Crippen molar-refractivity contribution in [2.24, 2.45) is 0 Å². The molecule has 4 N–H and O–H groups in total. The quantitative estimate of drug-likeness (QED) is 0.398. The Labute approximate surface area is 198 Å². The van der Waals surface area contributed by atoms with Gasteiger partial charge in [0, 0.05) is 54.4 Å². The molecule has 2 aromatic carbocycles. The number of likely N-dealkylation sites (N-methyl/N-ethyl adjacent to an activating group) is 1. The lowest BCUT2D eigenvalue weighted by molar-refractivity contribution is 0.310. The van der Waals surface area contributed by atoms with Crippen LogP contribution < -0.4 is 21.1 Å². The van der Waals surface area contributed by atoms with Crippen LogP contribution in [0.3, 0.4) is 0 Å². The first-order chi connectivity index (χ1) is 16.5. The minimum atomic E-state index is 0.548. The summed E-state index contributed by atoms with van der Waals surface area (Å²) in [5, 5.41) is 7.60. The van der Waals surface area contributed by atoms with Crippen LogP contribution in [0.25, 0.3) is 22.0 Å². The molecule has 8 heteroatoms. The number of nitrogens with one attached hydrogen (secondary N) is 2. The summed E-state index contributed by atoms with van der Waals surface area (Å²) >= 11 is 0. The molecule has 0 saturated carbocycles. The topological polar surface area (TPSA) is 101 Å². The van der Waals surface area contributed by atoms with Gasteiger partial charge >= 0.3 is 0 Å². The van der Waals surface area contributed by atoms with Gasteiger partial charge in [-0.05, 0) is 66.9 Å². The SMILES string of the molecule is Cc1c(-c2cc(N)c3cnc(Nc4ccc5c(c4)CCN(C)C5)nc3c2)cnc2c1NCCO2. The smallest absolute Gasteiger partial charge is 0.237 e. The Hall–Kier alpha value is -3.91. The molecule has 0 saturated heterocycles. The van der Waals surface area contributed by atoms with Crippen LogP contribution >= 0.6 is 0 Å². The van der Waals surface area contributed by atoms with Crippen LogP contribution in [0, 0.1) is 6.92 Å². The number of ether oxygens (including phenoxy) is 1. The number of hydrogen-bond acceptors (Lipinski definition) is 8. The fourth-order valence-electron chi connectivity index (χ4n) is 4.79. The molecule has 2 aliphatic rings. The monoisotopic (exact) mass is 453 g/mol. The van der Waals surface area contributed by atoms with E-state index >= 15 is 0 Å². The van der Waals surface area contributed by atoms with Gasteiger partial charge in [0.15, 0.2) is 0 Å². The molecule has 34 heavy (non-hydrogen) atoms. The maximum Gasteiger partial charge on any atom is 0.237 e. The summed E-state index contributed by atoms with van der Waals surface area (Å²) in [6.07, 6.45) is 4.67. The molecule has 172 valence electrons. The Morgan fingerprint density at radius 3 is 2.94 bits per heavy atom. The van der Waals surface area contributed by atoms with Crippen molar-refractivity contribution in [3.63, 3.8) is 0 Å². The van der Waals surface area contributed by atoms with Crippen molar-refractivity contribution in [2.75, 3.05) is 43.1 Å². The van der Waals surface area contributed by atoms with E-state index in [1.807, 2.05) is 18.3 Å². The van der Waals surface area contributed by atoms with Crippen molar-refractivity contribution in [3.8, 4) is 17.0 Å². The molecule has 4 aromatic rings. The van der Waals surface area contributed by atoms with Gasteiger partial charge in [-0.15, -0.1) is 0 Å². The molecule has 4 heterocycles. The van der Waals surface area contributed by atoms with E-state index in [2.05, 4.69) is 57.7 Å². The molecular formula is C26H27N7O. The number of rotatable bonds is 3. The number of hydrogen-bond donors (Lipinski definition) is 3. The average Bonchev–Trinajstić information content (AvgIpc) is 2.84. The molecule has 6 rings (SSSR count). The number of nitrogens with two attached hydrogens (primary N) is 1. The van der Waals surface area contributed by atoms with E-state index in [4.69, 9.17) is 15.5 Å². The van der Waals surface area contributed by atoms with Crippen LogP contribution in [0.4, 0.5) is 23.0 Å². The number of nitrogens with zero attached hydrogens (tertiary/aromatic N) is 4. The molecule has 0 amide bonds. The van der Waals surface area contributed by atoms with Crippen molar-refractivity contribution in [1.82, 2.24) is 19.9 Å². The molecule has 0 aliphatic carbocycles. The van der Waals surface area contributed by atoms with Crippen LogP contribution in [0.15, 0.2) is 42.7 Å². The Morgan fingerprint density at radius 1 is 1.12 bits per heavy atom. The molecule has 0 radical (unpaired) electrons. The predicted octanol–water partition coefficient (Wildman–Crippen LogP) is 4.12. The van der Waals surface area contributed by atoms with Crippen LogP contribution in [0.2, 0.25) is 0 Å². The van der Waals surface area contributed by atoms with Gasteiger partial charge in [-0.2, -0.15) is 0 Å². The molecule has 0 spiro atoms. The van der Waals surface area contributed by atoms with Gasteiger partial charge in [-0.3, -0.25) is 0 Å². The molecule has 2 aromatic heterocycles. The number of nitrogen functional groups attached to an aromatic ring is 1. The first-order valence-corrected chi connectivity index (χ1v) is 11.6. The largest absolute Gasteiger partial charge is 0.474 e. The lowest BCUT2D eigenvalue weighted by Crippen LogP contribution is -2.26. The second-order valence-electron chi connectivity index (χ2n) is 9.04. The molecule has 8 nitrogen and oxygen atoms in total. The summed E-state index contributed by atoms with van der Waals surface area (Å²) in [6.45, 7) is 5.52. The second kappa shape index (κ2) is 8.14. The van der Waals surface area contributed by atoms with E-state index in [1.165, 1.54) is 11.1 Å². The van der Waals surface area contributed by atoms with Gasteiger partial charge < -0.3 is 26.0 Å². The van der Waals surface area contributed by atoms with E-state index in [1.54, 1.807) is 6.20 Å². The van der Waals surface area contributed by atoms with Crippen molar-refractivity contribution < 1.29 is 4.74 Å². The third kappa shape index (κ3) is 3.66. The summed E-state index contributed by atoms with van der Waals surface area (Å²) < 4.78 is 5.67. The van der Waals surface area contributed by atoms with E-state index in [9.17, 15) is 0 Å². The highest BCUT2D eigenvalue weighted by atomic mass is 16.5. The highest BCUT2D eigenvalue weighted by Gasteiger charge is 2.18. The van der Waals surface area contributed by atoms with Gasteiger partial charge in [-0.1, -0.05) is 6.07 Å². The standard InChI is InChI=1S/C26H27N7O/c1-15-20(12-29-25-24(15)28-6-8-34-25)18-10-22(27)21-13-30-26(32-23(21)11-18)31-19-4-3-17-14-33(2)7-5-16(17)9-19/h3-4,9-13,28H,5-8,14,27H2,1-2H3,(H,30,31,32). The van der Waals surface area contributed by atoms with Gasteiger partial charge in [-0.25, -0.2) is 15.0 Å². The zero-order valence-corrected chi connectivity index (χ0v) is 19.4. The Kier molecular flexibility index (Phi) is 4.95. The average molecular weight is 454 g/mol. The Balaban J connectivity index is 1.35. The third-order valence-electron chi connectivity index (χ3n) is 6.66. The molecule has 2 aliphatic heterocycles. The van der Waals surface area contributed by atoms with Crippen LogP contribution in [-0.2, 0) is 13.0 Å². The molecule has 0 atom stereocenters. The Bertz CT molecular complexity index is 1420. The molecule has 0 fully saturated rings. The lowest BCUT2D eigenvalue weighted by Gasteiger charge is -2.25. The minimum Gasteiger partial charge on any atom is -0.474 e. The van der Waals surface area contributed by atoms with E-state index in [0.29, 0.717) is 24.1 Å². The normalized spacial score (nSPS) is 15.2. The molecule has 0 bridgehead atoms. The highest BCUT2D eigenvalue weighted by molar-refractivity contribution is 5.95. The van der Waals surface area contributed by atoms with E-state index in [0.717, 1.165) is 65.0 Å². The van der Waals surface area contributed by atoms with Crippen LogP contribution in [-0.4, -0.2) is 46.6 Å². The first-order valence-electron chi connectivity index (χ1n) is 11.6. The fraction of sp³-hybridized carbons (Fsp3) is 0.269. The number of aromatic nitrogens is 3. The van der Waals surface area contributed by atoms with Crippen molar-refractivity contribution in [1.29, 1.82) is 0 Å². The van der Waals surface area contributed by atoms with Crippen LogP contribution in [0.1, 0.15) is 16.7 Å². The van der Waals surface area contributed by atoms with Crippen molar-refractivity contribution >= 4 is 33.9 Å². The summed E-state index contributed by atoms with van der Waals surface area (Å²) in [6, 6.07) is 10.5. The summed E-state index contributed by atoms with van der Waals surface area (Å²) in [4.78, 5) is 16.1. The van der Waals surface area contributed by atoms with Gasteiger partial charge in [0.05, 0.1) is 5.52 Å². The Morgan fingerprint density at radius 2 is 2.03 bits per heavy atom. The summed E-state index contributed by atoms with van der Waals surface area (Å²) in [5.74, 6) is 1.19. The number of fused-ring (bicyclic) bond motifs is 3. The number of anilines is 4. The lowest BCUT2D eigenvalue weighted by atomic mass is 9.99. The maximum absolute atomic E-state index is 6.41. The summed E-state index contributed by atoms with van der Waals surface area (Å²) in [7, 11) is 2.16.